The number of pyridine rings is 2. The van der Waals surface area contributed by atoms with Crippen molar-refractivity contribution in [3.05, 3.63) is 45.9 Å². The van der Waals surface area contributed by atoms with E-state index >= 15 is 0 Å². The molecular formula is C21H25ClN4O2. The number of hydrogen-bond acceptors (Lipinski definition) is 5. The van der Waals surface area contributed by atoms with E-state index in [1.54, 1.807) is 12.1 Å². The molecule has 0 N–H and O–H groups in total. The van der Waals surface area contributed by atoms with Crippen LogP contribution in [0, 0.1) is 6.92 Å². The standard InChI is InChI=1S/C21H25ClN4O2/c1-12(2)17-11-15(23-20-13(3)25-26(4)21(17)20)6-7-16(27)8-14-9-18(22)24-19(10-14)28-5/h9-12H,6-8H2,1-5H3. The number of ketones is 1. The van der Waals surface area contributed by atoms with Crippen LogP contribution in [0.1, 0.15) is 48.7 Å². The van der Waals surface area contributed by atoms with E-state index in [4.69, 9.17) is 21.3 Å². The molecule has 0 aromatic carbocycles. The van der Waals surface area contributed by atoms with Gasteiger partial charge >= 0.3 is 0 Å². The zero-order valence-corrected chi connectivity index (χ0v) is 17.7. The second-order valence-corrected chi connectivity index (χ2v) is 7.71. The zero-order valence-electron chi connectivity index (χ0n) is 16.9. The van der Waals surface area contributed by atoms with Gasteiger partial charge in [0.1, 0.15) is 16.5 Å². The maximum absolute atomic E-state index is 12.5. The quantitative estimate of drug-likeness (QED) is 0.556. The summed E-state index contributed by atoms with van der Waals surface area (Å²) in [5.41, 5.74) is 5.83. The molecule has 7 heteroatoms. The first-order valence-corrected chi connectivity index (χ1v) is 9.71. The highest BCUT2D eigenvalue weighted by Gasteiger charge is 2.16. The number of carbonyl (C=O) groups is 1. The van der Waals surface area contributed by atoms with Gasteiger partial charge in [0.25, 0.3) is 0 Å². The minimum absolute atomic E-state index is 0.125. The Bertz CT molecular complexity index is 1030. The van der Waals surface area contributed by atoms with Crippen LogP contribution in [0.3, 0.4) is 0 Å². The Balaban J connectivity index is 1.77. The first kappa shape index (κ1) is 20.3. The largest absolute Gasteiger partial charge is 0.481 e. The Morgan fingerprint density at radius 3 is 2.68 bits per heavy atom. The summed E-state index contributed by atoms with van der Waals surface area (Å²) in [6, 6.07) is 5.54. The molecule has 0 aliphatic heterocycles. The van der Waals surface area contributed by atoms with Gasteiger partial charge in [-0.25, -0.2) is 9.97 Å². The van der Waals surface area contributed by atoms with Gasteiger partial charge < -0.3 is 4.74 Å². The SMILES string of the molecule is COc1cc(CC(=O)CCc2cc(C(C)C)c3c(n2)c(C)nn3C)cc(Cl)n1. The van der Waals surface area contributed by atoms with Crippen molar-refractivity contribution in [1.82, 2.24) is 19.7 Å². The third-order valence-electron chi connectivity index (χ3n) is 4.76. The number of rotatable bonds is 7. The summed E-state index contributed by atoms with van der Waals surface area (Å²) in [6.07, 6.45) is 1.31. The number of aryl methyl sites for hydroxylation is 3. The molecule has 6 nitrogen and oxygen atoms in total. The fourth-order valence-corrected chi connectivity index (χ4v) is 3.63. The number of aromatic nitrogens is 4. The Morgan fingerprint density at radius 2 is 2.00 bits per heavy atom. The molecule has 148 valence electrons. The smallest absolute Gasteiger partial charge is 0.214 e. The van der Waals surface area contributed by atoms with Crippen molar-refractivity contribution in [2.45, 2.75) is 46.0 Å². The maximum atomic E-state index is 12.5. The first-order chi connectivity index (χ1) is 13.3. The number of carbonyl (C=O) groups excluding carboxylic acids is 1. The summed E-state index contributed by atoms with van der Waals surface area (Å²) in [5.74, 6) is 0.887. The van der Waals surface area contributed by atoms with Gasteiger partial charge in [0.05, 0.1) is 18.3 Å². The van der Waals surface area contributed by atoms with E-state index in [1.165, 1.54) is 12.7 Å². The van der Waals surface area contributed by atoms with Gasteiger partial charge in [-0.05, 0) is 42.5 Å². The predicted molar refractivity (Wildman–Crippen MR) is 110 cm³/mol. The van der Waals surface area contributed by atoms with Gasteiger partial charge in [-0.1, -0.05) is 25.4 Å². The molecule has 0 atom stereocenters. The number of fused-ring (bicyclic) bond motifs is 1. The Hall–Kier alpha value is -2.47. The highest BCUT2D eigenvalue weighted by molar-refractivity contribution is 6.29. The number of methoxy groups -OCH3 is 1. The second kappa shape index (κ2) is 8.27. The molecule has 0 amide bonds. The molecule has 0 saturated carbocycles. The van der Waals surface area contributed by atoms with Crippen molar-refractivity contribution in [3.63, 3.8) is 0 Å². The van der Waals surface area contributed by atoms with Crippen molar-refractivity contribution < 1.29 is 9.53 Å². The summed E-state index contributed by atoms with van der Waals surface area (Å²) >= 11 is 5.98. The van der Waals surface area contributed by atoms with Crippen molar-refractivity contribution in [3.8, 4) is 5.88 Å². The Kier molecular flexibility index (Phi) is 5.98. The molecule has 0 fully saturated rings. The second-order valence-electron chi connectivity index (χ2n) is 7.32. The van der Waals surface area contributed by atoms with Crippen molar-refractivity contribution in [1.29, 1.82) is 0 Å². The van der Waals surface area contributed by atoms with Gasteiger partial charge in [0, 0.05) is 31.6 Å². The highest BCUT2D eigenvalue weighted by atomic mass is 35.5. The van der Waals surface area contributed by atoms with Crippen LogP contribution >= 0.6 is 11.6 Å². The summed E-state index contributed by atoms with van der Waals surface area (Å²) in [5, 5.41) is 4.83. The number of hydrogen-bond donors (Lipinski definition) is 0. The van der Waals surface area contributed by atoms with Gasteiger partial charge in [0.15, 0.2) is 0 Å². The third-order valence-corrected chi connectivity index (χ3v) is 4.96. The minimum Gasteiger partial charge on any atom is -0.481 e. The van der Waals surface area contributed by atoms with Crippen LogP contribution in [-0.4, -0.2) is 32.6 Å². The van der Waals surface area contributed by atoms with E-state index in [-0.39, 0.29) is 5.78 Å². The molecule has 3 aromatic rings. The van der Waals surface area contributed by atoms with Crippen LogP contribution in [-0.2, 0) is 24.7 Å². The average Bonchev–Trinajstić information content (AvgIpc) is 2.92. The maximum Gasteiger partial charge on any atom is 0.214 e. The first-order valence-electron chi connectivity index (χ1n) is 9.33. The lowest BCUT2D eigenvalue weighted by Gasteiger charge is -2.11. The minimum atomic E-state index is 0.125. The summed E-state index contributed by atoms with van der Waals surface area (Å²) < 4.78 is 7.00. The number of Topliss-reactive ketones (excluding diaryl/α,β-unsaturated/α-hetero) is 1. The average molecular weight is 401 g/mol. The molecule has 0 bridgehead atoms. The van der Waals surface area contributed by atoms with Gasteiger partial charge in [-0.2, -0.15) is 5.10 Å². The molecule has 0 aliphatic rings. The molecule has 3 rings (SSSR count). The van der Waals surface area contributed by atoms with Crippen LogP contribution in [0.5, 0.6) is 5.88 Å². The van der Waals surface area contributed by atoms with Gasteiger partial charge in [-0.15, -0.1) is 0 Å². The normalized spacial score (nSPS) is 11.4. The molecule has 0 saturated heterocycles. The van der Waals surface area contributed by atoms with Crippen LogP contribution in [0.25, 0.3) is 11.0 Å². The number of ether oxygens (including phenoxy) is 1. The van der Waals surface area contributed by atoms with E-state index in [0.29, 0.717) is 36.2 Å². The van der Waals surface area contributed by atoms with Crippen LogP contribution in [0.15, 0.2) is 18.2 Å². The van der Waals surface area contributed by atoms with Crippen LogP contribution < -0.4 is 4.74 Å². The van der Waals surface area contributed by atoms with Crippen LogP contribution in [0.4, 0.5) is 0 Å². The van der Waals surface area contributed by atoms with Crippen molar-refractivity contribution in [2.24, 2.45) is 7.05 Å². The fourth-order valence-electron chi connectivity index (χ4n) is 3.41. The van der Waals surface area contributed by atoms with E-state index in [2.05, 4.69) is 30.0 Å². The van der Waals surface area contributed by atoms with Crippen molar-refractivity contribution in [2.75, 3.05) is 7.11 Å². The molecule has 0 spiro atoms. The number of nitrogens with zero attached hydrogens (tertiary/aromatic N) is 4. The summed E-state index contributed by atoms with van der Waals surface area (Å²) in [6.45, 7) is 6.29. The van der Waals surface area contributed by atoms with Crippen molar-refractivity contribution >= 4 is 28.4 Å². The lowest BCUT2D eigenvalue weighted by molar-refractivity contribution is -0.118. The molecule has 3 aromatic heterocycles. The summed E-state index contributed by atoms with van der Waals surface area (Å²) in [4.78, 5) is 21.3. The Labute approximate surface area is 169 Å². The molecule has 0 unspecified atom stereocenters. The van der Waals surface area contributed by atoms with E-state index in [1.807, 2.05) is 18.7 Å². The fraction of sp³-hybridized carbons (Fsp3) is 0.429. The topological polar surface area (TPSA) is 69.9 Å². The van der Waals surface area contributed by atoms with E-state index < -0.39 is 0 Å². The van der Waals surface area contributed by atoms with Crippen LogP contribution in [0.2, 0.25) is 5.15 Å². The van der Waals surface area contributed by atoms with E-state index in [0.717, 1.165) is 28.0 Å². The molecular weight excluding hydrogens is 376 g/mol. The highest BCUT2D eigenvalue weighted by Crippen LogP contribution is 2.27. The molecule has 3 heterocycles. The lowest BCUT2D eigenvalue weighted by atomic mass is 9.99. The Morgan fingerprint density at radius 1 is 1.25 bits per heavy atom. The zero-order chi connectivity index (χ0) is 20.4. The monoisotopic (exact) mass is 400 g/mol. The van der Waals surface area contributed by atoms with Gasteiger partial charge in [0.2, 0.25) is 5.88 Å². The third kappa shape index (κ3) is 4.33. The molecule has 0 aliphatic carbocycles. The van der Waals surface area contributed by atoms with E-state index in [9.17, 15) is 4.79 Å². The molecule has 28 heavy (non-hydrogen) atoms. The lowest BCUT2D eigenvalue weighted by Crippen LogP contribution is -2.07. The van der Waals surface area contributed by atoms with Gasteiger partial charge in [-0.3, -0.25) is 9.48 Å². The predicted octanol–water partition coefficient (Wildman–Crippen LogP) is 4.20. The molecule has 0 radical (unpaired) electrons. The summed E-state index contributed by atoms with van der Waals surface area (Å²) in [7, 11) is 3.47. The number of halogens is 1.